The van der Waals surface area contributed by atoms with Crippen molar-refractivity contribution in [3.8, 4) is 0 Å². The number of nitrogens with one attached hydrogen (secondary N) is 2. The summed E-state index contributed by atoms with van der Waals surface area (Å²) < 4.78 is 33.6. The zero-order chi connectivity index (χ0) is 24.3. The molecule has 1 heterocycles. The average Bonchev–Trinajstić information content (AvgIpc) is 2.79. The summed E-state index contributed by atoms with van der Waals surface area (Å²) >= 11 is 5.88. The second-order valence-corrected chi connectivity index (χ2v) is 9.74. The summed E-state index contributed by atoms with van der Waals surface area (Å²) in [5, 5.41) is 3.50. The second kappa shape index (κ2) is 9.66. The van der Waals surface area contributed by atoms with Crippen LogP contribution in [0.15, 0.2) is 77.7 Å². The van der Waals surface area contributed by atoms with Crippen LogP contribution in [-0.4, -0.2) is 30.5 Å². The number of para-hydroxylation sites is 2. The first-order chi connectivity index (χ1) is 16.2. The van der Waals surface area contributed by atoms with Crippen LogP contribution in [-0.2, 0) is 14.8 Å². The van der Waals surface area contributed by atoms with Crippen molar-refractivity contribution in [2.75, 3.05) is 10.0 Å². The molecule has 174 valence electrons. The number of halogens is 1. The molecule has 0 aliphatic rings. The number of carbonyl (C=O) groups is 1. The number of ether oxygens (including phenoxy) is 1. The van der Waals surface area contributed by atoms with Gasteiger partial charge in [0.1, 0.15) is 0 Å². The third-order valence-electron chi connectivity index (χ3n) is 4.65. The van der Waals surface area contributed by atoms with Gasteiger partial charge in [0.05, 0.1) is 27.6 Å². The molecule has 0 unspecified atom stereocenters. The Labute approximate surface area is 202 Å². The lowest BCUT2D eigenvalue weighted by molar-refractivity contribution is 0.0378. The molecule has 4 aromatic rings. The van der Waals surface area contributed by atoms with Gasteiger partial charge < -0.3 is 10.1 Å². The predicted molar refractivity (Wildman–Crippen MR) is 132 cm³/mol. The van der Waals surface area contributed by atoms with Crippen molar-refractivity contribution in [2.45, 2.75) is 24.8 Å². The van der Waals surface area contributed by atoms with E-state index in [1.807, 2.05) is 6.07 Å². The number of nitrogens with zero attached hydrogens (tertiary/aromatic N) is 2. The van der Waals surface area contributed by atoms with E-state index in [0.717, 1.165) is 0 Å². The third-order valence-corrected chi connectivity index (χ3v) is 6.26. The number of hydrogen-bond acceptors (Lipinski definition) is 7. The fourth-order valence-corrected chi connectivity index (χ4v) is 4.20. The van der Waals surface area contributed by atoms with Gasteiger partial charge in [0.15, 0.2) is 11.6 Å². The molecule has 10 heteroatoms. The maximum atomic E-state index is 13.0. The fourth-order valence-electron chi connectivity index (χ4n) is 3.07. The molecule has 0 atom stereocenters. The minimum atomic E-state index is -3.96. The highest BCUT2D eigenvalue weighted by Gasteiger charge is 2.19. The lowest BCUT2D eigenvalue weighted by Gasteiger charge is -2.14. The first kappa shape index (κ1) is 23.5. The highest BCUT2D eigenvalue weighted by Crippen LogP contribution is 2.27. The summed E-state index contributed by atoms with van der Waals surface area (Å²) in [7, 11) is -3.96. The van der Waals surface area contributed by atoms with E-state index >= 15 is 0 Å². The zero-order valence-corrected chi connectivity index (χ0v) is 19.9. The number of benzene rings is 3. The smallest absolute Gasteiger partial charge is 0.338 e. The van der Waals surface area contributed by atoms with Crippen LogP contribution in [0.3, 0.4) is 0 Å². The van der Waals surface area contributed by atoms with E-state index in [0.29, 0.717) is 27.3 Å². The maximum absolute atomic E-state index is 13.0. The molecule has 0 aliphatic heterocycles. The molecular weight excluding hydrogens is 476 g/mol. The lowest BCUT2D eigenvalue weighted by atomic mass is 10.2. The van der Waals surface area contributed by atoms with E-state index in [-0.39, 0.29) is 22.6 Å². The quantitative estimate of drug-likeness (QED) is 0.330. The van der Waals surface area contributed by atoms with Crippen molar-refractivity contribution in [3.63, 3.8) is 0 Å². The summed E-state index contributed by atoms with van der Waals surface area (Å²) in [6.07, 6.45) is -0.227. The lowest BCUT2D eigenvalue weighted by Crippen LogP contribution is -2.16. The van der Waals surface area contributed by atoms with Gasteiger partial charge >= 0.3 is 5.97 Å². The number of fused-ring (bicyclic) bond motifs is 1. The Morgan fingerprint density at radius 3 is 2.06 bits per heavy atom. The standard InChI is InChI=1S/C24H21ClN4O4S/c1-15(2)33-24(30)16-7-11-18(12-8-16)26-22-23(28-21-6-4-3-5-20(21)27-22)29-34(31,32)19-13-9-17(25)10-14-19/h3-15H,1-2H3,(H,26,27)(H,28,29). The van der Waals surface area contributed by atoms with E-state index in [9.17, 15) is 13.2 Å². The number of aromatic nitrogens is 2. The topological polar surface area (TPSA) is 110 Å². The van der Waals surface area contributed by atoms with E-state index < -0.39 is 16.0 Å². The number of hydrogen-bond donors (Lipinski definition) is 2. The van der Waals surface area contributed by atoms with Crippen molar-refractivity contribution in [1.29, 1.82) is 0 Å². The molecule has 0 fully saturated rings. The van der Waals surface area contributed by atoms with Crippen LogP contribution in [0.5, 0.6) is 0 Å². The zero-order valence-electron chi connectivity index (χ0n) is 18.3. The van der Waals surface area contributed by atoms with Gasteiger partial charge in [0.2, 0.25) is 0 Å². The minimum Gasteiger partial charge on any atom is -0.459 e. The van der Waals surface area contributed by atoms with Crippen molar-refractivity contribution in [2.24, 2.45) is 0 Å². The van der Waals surface area contributed by atoms with Gasteiger partial charge in [0.25, 0.3) is 10.0 Å². The molecule has 2 N–H and O–H groups in total. The van der Waals surface area contributed by atoms with Crippen LogP contribution < -0.4 is 10.0 Å². The van der Waals surface area contributed by atoms with Crippen LogP contribution in [0.2, 0.25) is 5.02 Å². The van der Waals surface area contributed by atoms with Crippen LogP contribution in [0, 0.1) is 0 Å². The van der Waals surface area contributed by atoms with Gasteiger partial charge in [-0.3, -0.25) is 4.72 Å². The molecule has 0 spiro atoms. The summed E-state index contributed by atoms with van der Waals surface area (Å²) in [4.78, 5) is 21.1. The van der Waals surface area contributed by atoms with Crippen LogP contribution in [0.25, 0.3) is 11.0 Å². The summed E-state index contributed by atoms with van der Waals surface area (Å²) in [5.74, 6) is -0.200. The number of sulfonamides is 1. The number of esters is 1. The van der Waals surface area contributed by atoms with Crippen LogP contribution in [0.1, 0.15) is 24.2 Å². The molecular formula is C24H21ClN4O4S. The van der Waals surface area contributed by atoms with Crippen LogP contribution >= 0.6 is 11.6 Å². The number of anilines is 3. The normalized spacial score (nSPS) is 11.4. The Kier molecular flexibility index (Phi) is 6.67. The largest absolute Gasteiger partial charge is 0.459 e. The van der Waals surface area contributed by atoms with Crippen LogP contribution in [0.4, 0.5) is 17.3 Å². The molecule has 4 rings (SSSR count). The number of carbonyl (C=O) groups excluding carboxylic acids is 1. The SMILES string of the molecule is CC(C)OC(=O)c1ccc(Nc2nc3ccccc3nc2NS(=O)(=O)c2ccc(Cl)cc2)cc1. The molecule has 0 saturated heterocycles. The summed E-state index contributed by atoms with van der Waals surface area (Å²) in [6, 6.07) is 19.5. The molecule has 0 saturated carbocycles. The van der Waals surface area contributed by atoms with Crippen molar-refractivity contribution < 1.29 is 17.9 Å². The van der Waals surface area contributed by atoms with Gasteiger partial charge in [-0.25, -0.2) is 23.2 Å². The Morgan fingerprint density at radius 1 is 0.882 bits per heavy atom. The molecule has 0 radical (unpaired) electrons. The fraction of sp³-hybridized carbons (Fsp3) is 0.125. The highest BCUT2D eigenvalue weighted by atomic mass is 35.5. The molecule has 3 aromatic carbocycles. The van der Waals surface area contributed by atoms with E-state index in [1.54, 1.807) is 56.3 Å². The molecule has 34 heavy (non-hydrogen) atoms. The average molecular weight is 497 g/mol. The van der Waals surface area contributed by atoms with Gasteiger partial charge in [0, 0.05) is 10.7 Å². The first-order valence-corrected chi connectivity index (χ1v) is 12.2. The number of rotatable bonds is 7. The Bertz CT molecular complexity index is 1440. The molecule has 0 aliphatic carbocycles. The van der Waals surface area contributed by atoms with Gasteiger partial charge in [-0.15, -0.1) is 0 Å². The van der Waals surface area contributed by atoms with Crippen molar-refractivity contribution in [1.82, 2.24) is 9.97 Å². The van der Waals surface area contributed by atoms with E-state index in [1.165, 1.54) is 24.3 Å². The Hall–Kier alpha value is -3.69. The molecule has 0 amide bonds. The maximum Gasteiger partial charge on any atom is 0.338 e. The van der Waals surface area contributed by atoms with Crippen molar-refractivity contribution >= 4 is 56.0 Å². The Morgan fingerprint density at radius 2 is 1.47 bits per heavy atom. The van der Waals surface area contributed by atoms with Gasteiger partial charge in [-0.2, -0.15) is 0 Å². The molecule has 0 bridgehead atoms. The van der Waals surface area contributed by atoms with Crippen molar-refractivity contribution in [3.05, 3.63) is 83.4 Å². The monoisotopic (exact) mass is 496 g/mol. The molecule has 1 aromatic heterocycles. The van der Waals surface area contributed by atoms with E-state index in [2.05, 4.69) is 20.0 Å². The van der Waals surface area contributed by atoms with Gasteiger partial charge in [-0.1, -0.05) is 23.7 Å². The third kappa shape index (κ3) is 5.44. The van der Waals surface area contributed by atoms with E-state index in [4.69, 9.17) is 16.3 Å². The first-order valence-electron chi connectivity index (χ1n) is 10.3. The highest BCUT2D eigenvalue weighted by molar-refractivity contribution is 7.92. The van der Waals surface area contributed by atoms with Gasteiger partial charge in [-0.05, 0) is 74.5 Å². The summed E-state index contributed by atoms with van der Waals surface area (Å²) in [6.45, 7) is 3.55. The second-order valence-electron chi connectivity index (χ2n) is 7.63. The predicted octanol–water partition coefficient (Wildman–Crippen LogP) is 5.39. The Balaban J connectivity index is 1.67. The molecule has 8 nitrogen and oxygen atoms in total. The minimum absolute atomic E-state index is 0.0249. The summed E-state index contributed by atoms with van der Waals surface area (Å²) in [5.41, 5.74) is 2.08.